The van der Waals surface area contributed by atoms with Crippen LogP contribution in [0.3, 0.4) is 0 Å². The number of aromatic nitrogens is 2. The Labute approximate surface area is 99.6 Å². The van der Waals surface area contributed by atoms with Gasteiger partial charge in [0.1, 0.15) is 12.4 Å². The zero-order chi connectivity index (χ0) is 11.6. The van der Waals surface area contributed by atoms with E-state index in [-0.39, 0.29) is 0 Å². The van der Waals surface area contributed by atoms with Gasteiger partial charge in [-0.25, -0.2) is 9.13 Å². The minimum atomic E-state index is 1.13. The summed E-state index contributed by atoms with van der Waals surface area (Å²) in [6.07, 6.45) is 17.7. The molecule has 0 N–H and O–H groups in total. The molecule has 0 radical (unpaired) electrons. The van der Waals surface area contributed by atoms with Gasteiger partial charge >= 0.3 is 0 Å². The molecule has 1 aromatic rings. The van der Waals surface area contributed by atoms with Crippen molar-refractivity contribution >= 4 is 6.20 Å². The highest BCUT2D eigenvalue weighted by Gasteiger charge is 1.99. The van der Waals surface area contributed by atoms with Crippen molar-refractivity contribution in [3.8, 4) is 0 Å². The van der Waals surface area contributed by atoms with Crippen LogP contribution in [0.5, 0.6) is 0 Å². The summed E-state index contributed by atoms with van der Waals surface area (Å²) < 4.78 is 4.22. The van der Waals surface area contributed by atoms with E-state index in [4.69, 9.17) is 0 Å². The van der Waals surface area contributed by atoms with Gasteiger partial charge in [-0.3, -0.25) is 0 Å². The molecule has 0 fully saturated rings. The third kappa shape index (κ3) is 5.15. The lowest BCUT2D eigenvalue weighted by Gasteiger charge is -1.99. The largest absolute Gasteiger partial charge is 0.248 e. The fraction of sp³-hybridized carbons (Fsp3) is 0.643. The molecule has 90 valence electrons. The average Bonchev–Trinajstić information content (AvgIpc) is 2.76. The van der Waals surface area contributed by atoms with Crippen LogP contribution in [0.25, 0.3) is 6.20 Å². The van der Waals surface area contributed by atoms with E-state index in [1.807, 2.05) is 17.0 Å². The summed E-state index contributed by atoms with van der Waals surface area (Å²) in [5.41, 5.74) is 0. The number of unbranched alkanes of at least 4 members (excludes halogenated alkanes) is 6. The molecule has 0 aromatic carbocycles. The monoisotopic (exact) mass is 221 g/mol. The number of hydrogen-bond donors (Lipinski definition) is 0. The third-order valence-corrected chi connectivity index (χ3v) is 2.94. The molecule has 0 bridgehead atoms. The number of imidazole rings is 1. The molecule has 2 heteroatoms. The van der Waals surface area contributed by atoms with Crippen LogP contribution in [-0.2, 0) is 6.54 Å². The molecule has 1 heterocycles. The number of rotatable bonds is 9. The lowest BCUT2D eigenvalue weighted by Crippen LogP contribution is -2.21. The van der Waals surface area contributed by atoms with Crippen LogP contribution in [-0.4, -0.2) is 4.57 Å². The fourth-order valence-electron chi connectivity index (χ4n) is 1.90. The molecule has 16 heavy (non-hydrogen) atoms. The molecule has 0 aliphatic rings. The first-order valence-corrected chi connectivity index (χ1v) is 6.56. The van der Waals surface area contributed by atoms with Crippen LogP contribution in [0, 0.1) is 0 Å². The summed E-state index contributed by atoms with van der Waals surface area (Å²) in [6.45, 7) is 7.13. The van der Waals surface area contributed by atoms with Gasteiger partial charge in [-0.05, 0) is 12.8 Å². The second-order valence-corrected chi connectivity index (χ2v) is 4.40. The standard InChI is InChI=1S/C14H25N2/c1-3-5-6-7-8-9-10-11-16-13-12-15(4-2)14-16/h4,12-14H,2-3,5-11H2,1H3/q+1. The van der Waals surface area contributed by atoms with Crippen LogP contribution in [0.2, 0.25) is 0 Å². The predicted octanol–water partition coefficient (Wildman–Crippen LogP) is 3.63. The van der Waals surface area contributed by atoms with Crippen LogP contribution in [0.4, 0.5) is 0 Å². The van der Waals surface area contributed by atoms with Crippen molar-refractivity contribution in [3.05, 3.63) is 25.3 Å². The molecular formula is C14H25N2+. The van der Waals surface area contributed by atoms with Crippen LogP contribution in [0.1, 0.15) is 51.9 Å². The fourth-order valence-corrected chi connectivity index (χ4v) is 1.90. The van der Waals surface area contributed by atoms with Gasteiger partial charge in [0.15, 0.2) is 0 Å². The van der Waals surface area contributed by atoms with Crippen molar-refractivity contribution < 1.29 is 4.57 Å². The molecule has 2 nitrogen and oxygen atoms in total. The molecule has 0 saturated heterocycles. The maximum atomic E-state index is 3.73. The summed E-state index contributed by atoms with van der Waals surface area (Å²) in [6, 6.07) is 0. The molecular weight excluding hydrogens is 196 g/mol. The molecule has 0 atom stereocenters. The molecule has 0 amide bonds. The van der Waals surface area contributed by atoms with E-state index in [9.17, 15) is 0 Å². The SMILES string of the molecule is C=C[n+]1ccn(CCCCCCCCC)c1. The molecule has 0 unspecified atom stereocenters. The minimum absolute atomic E-state index is 1.13. The van der Waals surface area contributed by atoms with Crippen molar-refractivity contribution in [1.29, 1.82) is 0 Å². The highest BCUT2D eigenvalue weighted by molar-refractivity contribution is 4.94. The Balaban J connectivity index is 2.00. The second kappa shape index (κ2) is 8.14. The van der Waals surface area contributed by atoms with Gasteiger partial charge < -0.3 is 0 Å². The zero-order valence-electron chi connectivity index (χ0n) is 10.6. The minimum Gasteiger partial charge on any atom is -0.236 e. The van der Waals surface area contributed by atoms with E-state index >= 15 is 0 Å². The normalized spacial score (nSPS) is 10.6. The van der Waals surface area contributed by atoms with Crippen LogP contribution >= 0.6 is 0 Å². The Morgan fingerprint density at radius 2 is 1.81 bits per heavy atom. The van der Waals surface area contributed by atoms with E-state index in [0.29, 0.717) is 0 Å². The molecule has 1 rings (SSSR count). The maximum absolute atomic E-state index is 3.73. The van der Waals surface area contributed by atoms with Gasteiger partial charge in [-0.15, -0.1) is 0 Å². The van der Waals surface area contributed by atoms with Crippen molar-refractivity contribution in [1.82, 2.24) is 4.57 Å². The molecule has 0 aliphatic heterocycles. The van der Waals surface area contributed by atoms with Gasteiger partial charge in [-0.1, -0.05) is 45.6 Å². The van der Waals surface area contributed by atoms with Crippen molar-refractivity contribution in [2.45, 2.75) is 58.4 Å². The molecule has 1 aromatic heterocycles. The Morgan fingerprint density at radius 1 is 1.12 bits per heavy atom. The lowest BCUT2D eigenvalue weighted by atomic mass is 10.1. The van der Waals surface area contributed by atoms with Crippen molar-refractivity contribution in [3.63, 3.8) is 0 Å². The number of hydrogen-bond acceptors (Lipinski definition) is 0. The molecule has 0 aliphatic carbocycles. The molecule has 0 spiro atoms. The Morgan fingerprint density at radius 3 is 2.44 bits per heavy atom. The van der Waals surface area contributed by atoms with Gasteiger partial charge in [0.05, 0.1) is 12.7 Å². The first kappa shape index (κ1) is 13.0. The summed E-state index contributed by atoms with van der Waals surface area (Å²) in [7, 11) is 0. The third-order valence-electron chi connectivity index (χ3n) is 2.94. The summed E-state index contributed by atoms with van der Waals surface area (Å²) in [5, 5.41) is 0. The van der Waals surface area contributed by atoms with Gasteiger partial charge in [0.25, 0.3) is 0 Å². The zero-order valence-corrected chi connectivity index (χ0v) is 10.6. The van der Waals surface area contributed by atoms with Crippen molar-refractivity contribution in [2.75, 3.05) is 0 Å². The topological polar surface area (TPSA) is 8.81 Å². The molecule has 0 saturated carbocycles. The van der Waals surface area contributed by atoms with Crippen LogP contribution in [0.15, 0.2) is 25.3 Å². The first-order valence-electron chi connectivity index (χ1n) is 6.56. The van der Waals surface area contributed by atoms with Gasteiger partial charge in [0, 0.05) is 0 Å². The second-order valence-electron chi connectivity index (χ2n) is 4.40. The van der Waals surface area contributed by atoms with Gasteiger partial charge in [-0.2, -0.15) is 0 Å². The van der Waals surface area contributed by atoms with E-state index in [1.165, 1.54) is 44.9 Å². The highest BCUT2D eigenvalue weighted by atomic mass is 15.1. The van der Waals surface area contributed by atoms with E-state index in [2.05, 4.69) is 30.6 Å². The smallest absolute Gasteiger partial charge is 0.236 e. The van der Waals surface area contributed by atoms with E-state index < -0.39 is 0 Å². The van der Waals surface area contributed by atoms with Gasteiger partial charge in [0.2, 0.25) is 6.33 Å². The number of aryl methyl sites for hydroxylation is 1. The van der Waals surface area contributed by atoms with E-state index in [1.54, 1.807) is 0 Å². The highest BCUT2D eigenvalue weighted by Crippen LogP contribution is 2.07. The summed E-state index contributed by atoms with van der Waals surface area (Å²) in [5.74, 6) is 0. The van der Waals surface area contributed by atoms with E-state index in [0.717, 1.165) is 6.54 Å². The average molecular weight is 221 g/mol. The Bertz CT molecular complexity index is 289. The Hall–Kier alpha value is -1.05. The maximum Gasteiger partial charge on any atom is 0.248 e. The quantitative estimate of drug-likeness (QED) is 0.445. The number of nitrogens with zero attached hydrogens (tertiary/aromatic N) is 2. The summed E-state index contributed by atoms with van der Waals surface area (Å²) in [4.78, 5) is 0. The lowest BCUT2D eigenvalue weighted by molar-refractivity contribution is -0.567. The van der Waals surface area contributed by atoms with Crippen LogP contribution < -0.4 is 4.57 Å². The van der Waals surface area contributed by atoms with Crippen molar-refractivity contribution in [2.24, 2.45) is 0 Å². The Kier molecular flexibility index (Phi) is 6.62. The summed E-state index contributed by atoms with van der Waals surface area (Å²) >= 11 is 0. The predicted molar refractivity (Wildman–Crippen MR) is 69.0 cm³/mol. The first-order chi connectivity index (χ1) is 7.86.